The number of hydrogen-bond donors (Lipinski definition) is 2. The second kappa shape index (κ2) is 5.55. The Morgan fingerprint density at radius 1 is 1.33 bits per heavy atom. The lowest BCUT2D eigenvalue weighted by Crippen LogP contribution is -2.32. The van der Waals surface area contributed by atoms with Gasteiger partial charge in [0, 0.05) is 36.2 Å². The third-order valence-electron chi connectivity index (χ3n) is 3.78. The van der Waals surface area contributed by atoms with Crippen LogP contribution in [0.3, 0.4) is 0 Å². The van der Waals surface area contributed by atoms with Gasteiger partial charge in [-0.25, -0.2) is 0 Å². The summed E-state index contributed by atoms with van der Waals surface area (Å²) in [5.41, 5.74) is 3.89. The minimum Gasteiger partial charge on any atom is -0.395 e. The maximum absolute atomic E-state index is 9.21. The van der Waals surface area contributed by atoms with Crippen LogP contribution < -0.4 is 5.32 Å². The van der Waals surface area contributed by atoms with Crippen LogP contribution in [0.15, 0.2) is 24.3 Å². The summed E-state index contributed by atoms with van der Waals surface area (Å²) < 4.78 is 2.24. The molecule has 1 aromatic carbocycles. The fourth-order valence-electron chi connectivity index (χ4n) is 2.47. The molecule has 2 aromatic rings. The number of nitrogens with zero attached hydrogens (tertiary/aromatic N) is 1. The highest BCUT2D eigenvalue weighted by atomic mass is 16.3. The zero-order valence-electron chi connectivity index (χ0n) is 11.4. The lowest BCUT2D eigenvalue weighted by Gasteiger charge is -2.15. The Morgan fingerprint density at radius 3 is 2.67 bits per heavy atom. The summed E-state index contributed by atoms with van der Waals surface area (Å²) in [6.07, 6.45) is 0.944. The molecule has 0 aliphatic carbocycles. The van der Waals surface area contributed by atoms with E-state index >= 15 is 0 Å². The Bertz CT molecular complexity index is 488. The third-order valence-corrected chi connectivity index (χ3v) is 3.78. The van der Waals surface area contributed by atoms with Crippen LogP contribution in [0.25, 0.3) is 10.9 Å². The van der Waals surface area contributed by atoms with Crippen molar-refractivity contribution in [1.82, 2.24) is 9.88 Å². The van der Waals surface area contributed by atoms with Crippen LogP contribution in [0.1, 0.15) is 24.6 Å². The maximum atomic E-state index is 9.21. The van der Waals surface area contributed by atoms with E-state index in [-0.39, 0.29) is 12.6 Å². The van der Waals surface area contributed by atoms with Gasteiger partial charge in [0.2, 0.25) is 0 Å². The standard InChI is InChI=1S/C15H22N2O/c1-4-12(10-18)16-9-15-11(2)13-7-5-6-8-14(13)17(15)3/h5-8,12,16,18H,4,9-10H2,1-3H3/t12-/m1/s1. The van der Waals surface area contributed by atoms with Gasteiger partial charge < -0.3 is 15.0 Å². The summed E-state index contributed by atoms with van der Waals surface area (Å²) in [6, 6.07) is 8.64. The predicted molar refractivity (Wildman–Crippen MR) is 75.7 cm³/mol. The second-order valence-corrected chi connectivity index (χ2v) is 4.82. The topological polar surface area (TPSA) is 37.2 Å². The molecule has 0 amide bonds. The summed E-state index contributed by atoms with van der Waals surface area (Å²) in [6.45, 7) is 5.25. The van der Waals surface area contributed by atoms with E-state index in [1.54, 1.807) is 0 Å². The van der Waals surface area contributed by atoms with Crippen LogP contribution in [0.4, 0.5) is 0 Å². The van der Waals surface area contributed by atoms with Crippen molar-refractivity contribution in [3.05, 3.63) is 35.5 Å². The Balaban J connectivity index is 2.28. The number of rotatable bonds is 5. The minimum atomic E-state index is 0.183. The molecule has 0 saturated carbocycles. The zero-order valence-corrected chi connectivity index (χ0v) is 11.4. The Hall–Kier alpha value is -1.32. The van der Waals surface area contributed by atoms with E-state index in [1.165, 1.54) is 22.2 Å². The molecule has 3 nitrogen and oxygen atoms in total. The summed E-state index contributed by atoms with van der Waals surface area (Å²) in [5, 5.41) is 13.9. The van der Waals surface area contributed by atoms with Gasteiger partial charge in [-0.3, -0.25) is 0 Å². The van der Waals surface area contributed by atoms with Gasteiger partial charge in [0.1, 0.15) is 0 Å². The van der Waals surface area contributed by atoms with Crippen molar-refractivity contribution in [2.24, 2.45) is 7.05 Å². The first kappa shape index (κ1) is 13.1. The molecule has 1 atom stereocenters. The van der Waals surface area contributed by atoms with Crippen molar-refractivity contribution in [1.29, 1.82) is 0 Å². The minimum absolute atomic E-state index is 0.183. The van der Waals surface area contributed by atoms with Crippen LogP contribution in [0, 0.1) is 6.92 Å². The monoisotopic (exact) mass is 246 g/mol. The van der Waals surface area contributed by atoms with Crippen molar-refractivity contribution in [2.75, 3.05) is 6.61 Å². The Labute approximate surface area is 108 Å². The quantitative estimate of drug-likeness (QED) is 0.849. The molecule has 2 rings (SSSR count). The molecule has 0 unspecified atom stereocenters. The Kier molecular flexibility index (Phi) is 4.04. The van der Waals surface area contributed by atoms with Crippen molar-refractivity contribution in [2.45, 2.75) is 32.9 Å². The van der Waals surface area contributed by atoms with Crippen molar-refractivity contribution < 1.29 is 5.11 Å². The van der Waals surface area contributed by atoms with E-state index < -0.39 is 0 Å². The van der Waals surface area contributed by atoms with Gasteiger partial charge in [-0.2, -0.15) is 0 Å². The number of fused-ring (bicyclic) bond motifs is 1. The molecule has 3 heteroatoms. The predicted octanol–water partition coefficient (Wildman–Crippen LogP) is 2.35. The first-order valence-electron chi connectivity index (χ1n) is 6.56. The number of aliphatic hydroxyl groups is 1. The Morgan fingerprint density at radius 2 is 2.06 bits per heavy atom. The number of aromatic nitrogens is 1. The third kappa shape index (κ3) is 2.28. The summed E-state index contributed by atoms with van der Waals surface area (Å²) in [7, 11) is 2.10. The van der Waals surface area contributed by atoms with Crippen molar-refractivity contribution >= 4 is 10.9 Å². The lowest BCUT2D eigenvalue weighted by atomic mass is 10.1. The molecule has 0 saturated heterocycles. The molecule has 0 fully saturated rings. The van der Waals surface area contributed by atoms with E-state index in [0.717, 1.165) is 13.0 Å². The second-order valence-electron chi connectivity index (χ2n) is 4.82. The molecular formula is C15H22N2O. The van der Waals surface area contributed by atoms with Crippen LogP contribution >= 0.6 is 0 Å². The highest BCUT2D eigenvalue weighted by molar-refractivity contribution is 5.85. The number of para-hydroxylation sites is 1. The number of hydrogen-bond acceptors (Lipinski definition) is 2. The lowest BCUT2D eigenvalue weighted by molar-refractivity contribution is 0.237. The SMILES string of the molecule is CC[C@H](CO)NCc1c(C)c2ccccc2n1C. The molecule has 18 heavy (non-hydrogen) atoms. The molecule has 0 aliphatic heterocycles. The molecule has 0 spiro atoms. The summed E-state index contributed by atoms with van der Waals surface area (Å²) >= 11 is 0. The molecule has 0 bridgehead atoms. The molecule has 2 N–H and O–H groups in total. The zero-order chi connectivity index (χ0) is 13.1. The van der Waals surface area contributed by atoms with Crippen LogP contribution in [0.2, 0.25) is 0 Å². The fourth-order valence-corrected chi connectivity index (χ4v) is 2.47. The van der Waals surface area contributed by atoms with Gasteiger partial charge in [0.05, 0.1) is 6.61 Å². The number of aryl methyl sites for hydroxylation is 2. The molecular weight excluding hydrogens is 224 g/mol. The van der Waals surface area contributed by atoms with Crippen molar-refractivity contribution in [3.8, 4) is 0 Å². The number of benzene rings is 1. The van der Waals surface area contributed by atoms with Gasteiger partial charge in [-0.1, -0.05) is 25.1 Å². The molecule has 0 radical (unpaired) electrons. The van der Waals surface area contributed by atoms with E-state index in [4.69, 9.17) is 0 Å². The van der Waals surface area contributed by atoms with Crippen LogP contribution in [0.5, 0.6) is 0 Å². The highest BCUT2D eigenvalue weighted by Crippen LogP contribution is 2.24. The van der Waals surface area contributed by atoms with E-state index in [1.807, 2.05) is 0 Å². The van der Waals surface area contributed by atoms with Gasteiger partial charge >= 0.3 is 0 Å². The van der Waals surface area contributed by atoms with E-state index in [9.17, 15) is 5.11 Å². The smallest absolute Gasteiger partial charge is 0.0584 e. The van der Waals surface area contributed by atoms with Crippen molar-refractivity contribution in [3.63, 3.8) is 0 Å². The molecule has 1 heterocycles. The normalized spacial score (nSPS) is 13.1. The fraction of sp³-hybridized carbons (Fsp3) is 0.467. The van der Waals surface area contributed by atoms with Gasteiger partial charge in [0.15, 0.2) is 0 Å². The number of aliphatic hydroxyl groups excluding tert-OH is 1. The largest absolute Gasteiger partial charge is 0.395 e. The van der Waals surface area contributed by atoms with Crippen LogP contribution in [-0.2, 0) is 13.6 Å². The van der Waals surface area contributed by atoms with E-state index in [2.05, 4.69) is 55.0 Å². The first-order valence-corrected chi connectivity index (χ1v) is 6.56. The molecule has 0 aliphatic rings. The van der Waals surface area contributed by atoms with Gasteiger partial charge in [-0.05, 0) is 25.0 Å². The van der Waals surface area contributed by atoms with Gasteiger partial charge in [-0.15, -0.1) is 0 Å². The molecule has 98 valence electrons. The summed E-state index contributed by atoms with van der Waals surface area (Å²) in [4.78, 5) is 0. The molecule has 1 aromatic heterocycles. The van der Waals surface area contributed by atoms with E-state index in [0.29, 0.717) is 0 Å². The average molecular weight is 246 g/mol. The number of nitrogens with one attached hydrogen (secondary N) is 1. The van der Waals surface area contributed by atoms with Gasteiger partial charge in [0.25, 0.3) is 0 Å². The maximum Gasteiger partial charge on any atom is 0.0584 e. The highest BCUT2D eigenvalue weighted by Gasteiger charge is 2.12. The average Bonchev–Trinajstić information content (AvgIpc) is 2.65. The first-order chi connectivity index (χ1) is 8.69. The van der Waals surface area contributed by atoms with Crippen LogP contribution in [-0.4, -0.2) is 22.3 Å². The summed E-state index contributed by atoms with van der Waals surface area (Å²) in [5.74, 6) is 0.